The highest BCUT2D eigenvalue weighted by Crippen LogP contribution is 2.25. The molecule has 1 unspecified atom stereocenters. The number of aliphatic imine (C=N–C) groups is 2. The summed E-state index contributed by atoms with van der Waals surface area (Å²) in [5, 5.41) is 25.0. The first-order valence-corrected chi connectivity index (χ1v) is 6.29. The van der Waals surface area contributed by atoms with Crippen molar-refractivity contribution >= 4 is 11.9 Å². The van der Waals surface area contributed by atoms with E-state index < -0.39 is 0 Å². The largest absolute Gasteiger partial charge is 0.504 e. The minimum atomic E-state index is -0.125. The van der Waals surface area contributed by atoms with Gasteiger partial charge in [-0.15, -0.1) is 0 Å². The molecule has 1 aliphatic heterocycles. The Morgan fingerprint density at radius 1 is 1.35 bits per heavy atom. The summed E-state index contributed by atoms with van der Waals surface area (Å²) in [6.07, 6.45) is -0.0550. The van der Waals surface area contributed by atoms with Gasteiger partial charge in [0.15, 0.2) is 17.5 Å². The quantitative estimate of drug-likeness (QED) is 0.588. The molecule has 0 bridgehead atoms. The van der Waals surface area contributed by atoms with Gasteiger partial charge >= 0.3 is 0 Å². The van der Waals surface area contributed by atoms with Gasteiger partial charge in [0.25, 0.3) is 0 Å². The second-order valence-corrected chi connectivity index (χ2v) is 4.65. The van der Waals surface area contributed by atoms with E-state index in [-0.39, 0.29) is 17.7 Å². The minimum Gasteiger partial charge on any atom is -0.504 e. The second-order valence-electron chi connectivity index (χ2n) is 4.65. The second kappa shape index (κ2) is 5.68. The van der Waals surface area contributed by atoms with E-state index in [1.165, 1.54) is 12.1 Å². The van der Waals surface area contributed by atoms with Crippen LogP contribution >= 0.6 is 0 Å². The summed E-state index contributed by atoms with van der Waals surface area (Å²) < 4.78 is 0. The first-order chi connectivity index (χ1) is 9.49. The molecule has 0 radical (unpaired) electrons. The molecule has 4 N–H and O–H groups in total. The van der Waals surface area contributed by atoms with Gasteiger partial charge in [-0.25, -0.2) is 4.99 Å². The summed E-state index contributed by atoms with van der Waals surface area (Å²) >= 11 is 0. The van der Waals surface area contributed by atoms with Crippen molar-refractivity contribution in [1.29, 1.82) is 0 Å². The molecule has 0 spiro atoms. The summed E-state index contributed by atoms with van der Waals surface area (Å²) in [5.41, 5.74) is 0.869. The number of nitrogens with one attached hydrogen (secondary N) is 2. The van der Waals surface area contributed by atoms with Gasteiger partial charge in [-0.1, -0.05) is 6.07 Å². The van der Waals surface area contributed by atoms with Crippen LogP contribution in [0.2, 0.25) is 0 Å². The van der Waals surface area contributed by atoms with Crippen LogP contribution in [-0.2, 0) is 6.54 Å². The van der Waals surface area contributed by atoms with Crippen LogP contribution in [0.5, 0.6) is 11.5 Å². The molecular weight excluding hydrogens is 258 g/mol. The first-order valence-electron chi connectivity index (χ1n) is 6.29. The lowest BCUT2D eigenvalue weighted by molar-refractivity contribution is 0.401. The lowest BCUT2D eigenvalue weighted by atomic mass is 10.2. The average molecular weight is 277 g/mol. The van der Waals surface area contributed by atoms with Crippen molar-refractivity contribution in [2.75, 3.05) is 14.1 Å². The van der Waals surface area contributed by atoms with Crippen molar-refractivity contribution in [3.63, 3.8) is 0 Å². The fourth-order valence-corrected chi connectivity index (χ4v) is 1.92. The van der Waals surface area contributed by atoms with Crippen LogP contribution in [0.4, 0.5) is 0 Å². The third-order valence-corrected chi connectivity index (χ3v) is 2.94. The zero-order chi connectivity index (χ0) is 14.7. The summed E-state index contributed by atoms with van der Waals surface area (Å²) in [4.78, 5) is 10.4. The van der Waals surface area contributed by atoms with Crippen LogP contribution in [0.25, 0.3) is 0 Å². The Labute approximate surface area is 117 Å². The first kappa shape index (κ1) is 14.0. The van der Waals surface area contributed by atoms with Gasteiger partial charge in [-0.3, -0.25) is 10.3 Å². The van der Waals surface area contributed by atoms with E-state index in [1.54, 1.807) is 13.1 Å². The molecule has 20 heavy (non-hydrogen) atoms. The predicted molar refractivity (Wildman–Crippen MR) is 77.8 cm³/mol. The number of nitrogens with zero attached hydrogens (tertiary/aromatic N) is 3. The smallest absolute Gasteiger partial charge is 0.202 e. The molecule has 7 heteroatoms. The fraction of sp³-hybridized carbons (Fsp3) is 0.385. The van der Waals surface area contributed by atoms with Crippen molar-refractivity contribution in [1.82, 2.24) is 15.5 Å². The topological polar surface area (TPSA) is 92.5 Å². The fourth-order valence-electron chi connectivity index (χ4n) is 1.92. The zero-order valence-corrected chi connectivity index (χ0v) is 11.8. The van der Waals surface area contributed by atoms with Crippen molar-refractivity contribution in [2.24, 2.45) is 9.98 Å². The van der Waals surface area contributed by atoms with Crippen LogP contribution < -0.4 is 10.6 Å². The Kier molecular flexibility index (Phi) is 3.97. The molecule has 0 fully saturated rings. The molecule has 1 aromatic rings. The molecule has 0 saturated carbocycles. The molecule has 0 saturated heterocycles. The number of phenols is 2. The summed E-state index contributed by atoms with van der Waals surface area (Å²) in [6, 6.07) is 4.76. The van der Waals surface area contributed by atoms with E-state index in [1.807, 2.05) is 18.9 Å². The Morgan fingerprint density at radius 2 is 2.10 bits per heavy atom. The number of hydrogen-bond acceptors (Lipinski definition) is 5. The third-order valence-electron chi connectivity index (χ3n) is 2.94. The Hall–Kier alpha value is -2.44. The lowest BCUT2D eigenvalue weighted by Crippen LogP contribution is -2.54. The van der Waals surface area contributed by atoms with E-state index in [2.05, 4.69) is 20.6 Å². The predicted octanol–water partition coefficient (Wildman–Crippen LogP) is 0.410. The molecular formula is C13H19N5O2. The normalized spacial score (nSPS) is 20.1. The Bertz CT molecular complexity index is 556. The average Bonchev–Trinajstić information content (AvgIpc) is 2.42. The summed E-state index contributed by atoms with van der Waals surface area (Å²) in [5.74, 6) is 1.12. The molecule has 1 aromatic carbocycles. The molecule has 1 aliphatic rings. The van der Waals surface area contributed by atoms with Crippen molar-refractivity contribution in [3.8, 4) is 11.5 Å². The van der Waals surface area contributed by atoms with Crippen molar-refractivity contribution < 1.29 is 10.2 Å². The maximum absolute atomic E-state index is 9.50. The van der Waals surface area contributed by atoms with E-state index in [0.29, 0.717) is 18.5 Å². The number of hydrogen-bond donors (Lipinski definition) is 4. The van der Waals surface area contributed by atoms with Crippen LogP contribution in [0.1, 0.15) is 12.5 Å². The van der Waals surface area contributed by atoms with E-state index in [9.17, 15) is 10.2 Å². The van der Waals surface area contributed by atoms with Gasteiger partial charge in [0.2, 0.25) is 5.96 Å². The highest BCUT2D eigenvalue weighted by atomic mass is 16.3. The highest BCUT2D eigenvalue weighted by Gasteiger charge is 2.17. The third kappa shape index (κ3) is 3.11. The summed E-state index contributed by atoms with van der Waals surface area (Å²) in [6.45, 7) is 2.48. The lowest BCUT2D eigenvalue weighted by Gasteiger charge is -2.29. The molecule has 0 aromatic heterocycles. The van der Waals surface area contributed by atoms with Gasteiger partial charge < -0.3 is 20.4 Å². The van der Waals surface area contributed by atoms with Gasteiger partial charge in [0.05, 0.1) is 0 Å². The van der Waals surface area contributed by atoms with E-state index in [4.69, 9.17) is 0 Å². The monoisotopic (exact) mass is 277 g/mol. The van der Waals surface area contributed by atoms with E-state index in [0.717, 1.165) is 5.56 Å². The van der Waals surface area contributed by atoms with Gasteiger partial charge in [-0.05, 0) is 24.6 Å². The number of benzene rings is 1. The van der Waals surface area contributed by atoms with Crippen molar-refractivity contribution in [2.45, 2.75) is 19.6 Å². The molecule has 0 amide bonds. The van der Waals surface area contributed by atoms with Crippen LogP contribution in [-0.4, -0.2) is 47.3 Å². The minimum absolute atomic E-state index is 0.0550. The van der Waals surface area contributed by atoms with Gasteiger partial charge in [-0.2, -0.15) is 0 Å². The standard InChI is InChI=1S/C13H19N5O2/c1-8-15-12(14-2)17-13(16-8)18(3)7-9-4-5-10(19)11(20)6-9/h4-6,8,19-20H,7H2,1-3H3,(H2,14,15,16,17). The SMILES string of the molecule is CN=C1NC(N(C)Cc2ccc(O)c(O)c2)=NC(C)N1. The van der Waals surface area contributed by atoms with Crippen molar-refractivity contribution in [3.05, 3.63) is 23.8 Å². The maximum atomic E-state index is 9.50. The van der Waals surface area contributed by atoms with E-state index >= 15 is 0 Å². The molecule has 1 heterocycles. The Morgan fingerprint density at radius 3 is 2.75 bits per heavy atom. The van der Waals surface area contributed by atoms with Gasteiger partial charge in [0.1, 0.15) is 6.17 Å². The molecule has 108 valence electrons. The zero-order valence-electron chi connectivity index (χ0n) is 11.8. The molecule has 7 nitrogen and oxygen atoms in total. The number of rotatable bonds is 2. The van der Waals surface area contributed by atoms with Crippen LogP contribution in [0.3, 0.4) is 0 Å². The highest BCUT2D eigenvalue weighted by molar-refractivity contribution is 6.00. The molecule has 2 rings (SSSR count). The molecule has 0 aliphatic carbocycles. The molecule has 1 atom stereocenters. The van der Waals surface area contributed by atoms with Gasteiger partial charge in [0, 0.05) is 20.6 Å². The number of guanidine groups is 2. The summed E-state index contributed by atoms with van der Waals surface area (Å²) in [7, 11) is 3.59. The number of phenolic OH excluding ortho intramolecular Hbond substituents is 2. The number of aromatic hydroxyl groups is 2. The maximum Gasteiger partial charge on any atom is 0.202 e. The van der Waals surface area contributed by atoms with Crippen LogP contribution in [0, 0.1) is 0 Å². The van der Waals surface area contributed by atoms with Crippen LogP contribution in [0.15, 0.2) is 28.2 Å². The Balaban J connectivity index is 2.11.